The van der Waals surface area contributed by atoms with Crippen LogP contribution in [0, 0.1) is 5.82 Å². The van der Waals surface area contributed by atoms with Crippen molar-refractivity contribution in [2.45, 2.75) is 6.54 Å². The van der Waals surface area contributed by atoms with Crippen molar-refractivity contribution in [2.75, 3.05) is 5.32 Å². The van der Waals surface area contributed by atoms with E-state index in [0.717, 1.165) is 22.0 Å². The summed E-state index contributed by atoms with van der Waals surface area (Å²) in [4.78, 5) is 15.4. The van der Waals surface area contributed by atoms with Crippen LogP contribution >= 0.6 is 0 Å². The molecule has 0 aliphatic rings. The van der Waals surface area contributed by atoms with Crippen LogP contribution in [-0.4, -0.2) is 15.5 Å². The number of benzene rings is 2. The van der Waals surface area contributed by atoms with E-state index in [4.69, 9.17) is 0 Å². The van der Waals surface area contributed by atoms with Crippen LogP contribution in [0.25, 0.3) is 21.8 Å². The lowest BCUT2D eigenvalue weighted by Gasteiger charge is -2.08. The zero-order valence-electron chi connectivity index (χ0n) is 12.2. The zero-order chi connectivity index (χ0) is 15.8. The van der Waals surface area contributed by atoms with Gasteiger partial charge < -0.3 is 14.9 Å². The van der Waals surface area contributed by atoms with Gasteiger partial charge in [-0.05, 0) is 53.9 Å². The number of H-pyrrole nitrogens is 1. The minimum Gasteiger partial charge on any atom is -0.361 e. The fraction of sp³-hybridized carbons (Fsp3) is 0.0556. The molecule has 114 valence electrons. The van der Waals surface area contributed by atoms with Gasteiger partial charge >= 0.3 is 0 Å². The number of hydrogen-bond donors (Lipinski definition) is 2. The summed E-state index contributed by atoms with van der Waals surface area (Å²) in [6.07, 6.45) is 3.65. The molecule has 0 aliphatic carbocycles. The van der Waals surface area contributed by atoms with Gasteiger partial charge in [0, 0.05) is 29.0 Å². The maximum absolute atomic E-state index is 13.4. The lowest BCUT2D eigenvalue weighted by molar-refractivity contribution is -0.116. The number of nitrogens with zero attached hydrogens (tertiary/aromatic N) is 1. The van der Waals surface area contributed by atoms with E-state index in [0.29, 0.717) is 5.52 Å². The summed E-state index contributed by atoms with van der Waals surface area (Å²) < 4.78 is 15.1. The van der Waals surface area contributed by atoms with Gasteiger partial charge in [-0.15, -0.1) is 0 Å². The molecule has 2 aromatic heterocycles. The molecule has 0 unspecified atom stereocenters. The van der Waals surface area contributed by atoms with Crippen molar-refractivity contribution in [3.8, 4) is 0 Å². The molecule has 4 aromatic rings. The van der Waals surface area contributed by atoms with E-state index in [-0.39, 0.29) is 18.3 Å². The number of carbonyl (C=O) groups excluding carboxylic acids is 1. The number of anilines is 1. The summed E-state index contributed by atoms with van der Waals surface area (Å²) >= 11 is 0. The number of aromatic amines is 1. The first kappa shape index (κ1) is 13.6. The summed E-state index contributed by atoms with van der Waals surface area (Å²) in [5.74, 6) is -0.461. The first-order valence-corrected chi connectivity index (χ1v) is 7.30. The van der Waals surface area contributed by atoms with Crippen molar-refractivity contribution < 1.29 is 9.18 Å². The van der Waals surface area contributed by atoms with Crippen molar-refractivity contribution in [1.82, 2.24) is 9.55 Å². The highest BCUT2D eigenvalue weighted by Gasteiger charge is 2.08. The Balaban J connectivity index is 1.55. The smallest absolute Gasteiger partial charge is 0.244 e. The molecule has 2 aromatic carbocycles. The molecule has 4 rings (SSSR count). The highest BCUT2D eigenvalue weighted by atomic mass is 19.1. The van der Waals surface area contributed by atoms with E-state index in [9.17, 15) is 9.18 Å². The third-order valence-electron chi connectivity index (χ3n) is 3.89. The summed E-state index contributed by atoms with van der Waals surface area (Å²) in [5.41, 5.74) is 2.47. The third kappa shape index (κ3) is 2.57. The van der Waals surface area contributed by atoms with Crippen molar-refractivity contribution in [3.63, 3.8) is 0 Å². The summed E-state index contributed by atoms with van der Waals surface area (Å²) in [6.45, 7) is 0.137. The Kier molecular flexibility index (Phi) is 3.12. The average molecular weight is 307 g/mol. The van der Waals surface area contributed by atoms with Crippen LogP contribution in [-0.2, 0) is 11.3 Å². The molecule has 5 heteroatoms. The Bertz CT molecular complexity index is 1020. The molecule has 0 fully saturated rings. The number of rotatable bonds is 3. The molecule has 1 amide bonds. The molecule has 2 N–H and O–H groups in total. The molecule has 0 spiro atoms. The molecule has 0 bridgehead atoms. The standard InChI is InChI=1S/C18H14FN3O/c19-14-2-1-12-6-8-22(17(12)10-14)11-18(23)21-15-3-4-16-13(9-15)5-7-20-16/h1-10,20H,11H2,(H,21,23). The molecule has 0 aliphatic heterocycles. The largest absolute Gasteiger partial charge is 0.361 e. The van der Waals surface area contributed by atoms with Gasteiger partial charge in [0.05, 0.1) is 5.52 Å². The Labute approximate surface area is 131 Å². The minimum absolute atomic E-state index is 0.137. The summed E-state index contributed by atoms with van der Waals surface area (Å²) in [5, 5.41) is 4.82. The van der Waals surface area contributed by atoms with Crippen molar-refractivity contribution in [2.24, 2.45) is 0 Å². The minimum atomic E-state index is -0.309. The van der Waals surface area contributed by atoms with E-state index >= 15 is 0 Å². The van der Waals surface area contributed by atoms with Crippen LogP contribution in [0.2, 0.25) is 0 Å². The number of aromatic nitrogens is 2. The predicted octanol–water partition coefficient (Wildman–Crippen LogP) is 3.90. The molecular formula is C18H14FN3O. The molecular weight excluding hydrogens is 293 g/mol. The van der Waals surface area contributed by atoms with Crippen LogP contribution in [0.4, 0.5) is 10.1 Å². The van der Waals surface area contributed by atoms with E-state index < -0.39 is 0 Å². The lowest BCUT2D eigenvalue weighted by Crippen LogP contribution is -2.18. The maximum atomic E-state index is 13.4. The van der Waals surface area contributed by atoms with E-state index in [2.05, 4.69) is 10.3 Å². The summed E-state index contributed by atoms with van der Waals surface area (Å²) in [6, 6.07) is 14.1. The van der Waals surface area contributed by atoms with E-state index in [1.165, 1.54) is 12.1 Å². The van der Waals surface area contributed by atoms with Gasteiger partial charge in [0.2, 0.25) is 5.91 Å². The van der Waals surface area contributed by atoms with Gasteiger partial charge in [0.15, 0.2) is 0 Å². The Hall–Kier alpha value is -3.08. The first-order chi connectivity index (χ1) is 11.2. The number of fused-ring (bicyclic) bond motifs is 2. The normalized spacial score (nSPS) is 11.2. The highest BCUT2D eigenvalue weighted by Crippen LogP contribution is 2.19. The van der Waals surface area contributed by atoms with Crippen LogP contribution in [0.1, 0.15) is 0 Å². The molecule has 0 radical (unpaired) electrons. The number of halogens is 1. The lowest BCUT2D eigenvalue weighted by atomic mass is 10.2. The van der Waals surface area contributed by atoms with Gasteiger partial charge in [-0.25, -0.2) is 4.39 Å². The van der Waals surface area contributed by atoms with Crippen molar-refractivity contribution in [1.29, 1.82) is 0 Å². The zero-order valence-corrected chi connectivity index (χ0v) is 12.2. The SMILES string of the molecule is O=C(Cn1ccc2ccc(F)cc21)Nc1ccc2[nH]ccc2c1. The maximum Gasteiger partial charge on any atom is 0.244 e. The fourth-order valence-electron chi connectivity index (χ4n) is 2.78. The summed E-state index contributed by atoms with van der Waals surface area (Å²) in [7, 11) is 0. The second-order valence-corrected chi connectivity index (χ2v) is 5.47. The van der Waals surface area contributed by atoms with Gasteiger partial charge in [-0.1, -0.05) is 0 Å². The molecule has 23 heavy (non-hydrogen) atoms. The van der Waals surface area contributed by atoms with Crippen LogP contribution in [0.15, 0.2) is 60.9 Å². The monoisotopic (exact) mass is 307 g/mol. The van der Waals surface area contributed by atoms with Crippen molar-refractivity contribution >= 4 is 33.4 Å². The van der Waals surface area contributed by atoms with Crippen LogP contribution < -0.4 is 5.32 Å². The van der Waals surface area contributed by atoms with E-state index in [1.54, 1.807) is 16.8 Å². The quantitative estimate of drug-likeness (QED) is 0.592. The molecule has 0 saturated carbocycles. The third-order valence-corrected chi connectivity index (χ3v) is 3.89. The Morgan fingerprint density at radius 3 is 2.91 bits per heavy atom. The van der Waals surface area contributed by atoms with Gasteiger partial charge in [0.25, 0.3) is 0 Å². The van der Waals surface area contributed by atoms with Gasteiger partial charge in [0.1, 0.15) is 12.4 Å². The number of carbonyl (C=O) groups is 1. The van der Waals surface area contributed by atoms with E-state index in [1.807, 2.05) is 36.5 Å². The van der Waals surface area contributed by atoms with Gasteiger partial charge in [-0.2, -0.15) is 0 Å². The molecule has 2 heterocycles. The predicted molar refractivity (Wildman–Crippen MR) is 88.8 cm³/mol. The number of amides is 1. The Morgan fingerprint density at radius 2 is 2.00 bits per heavy atom. The highest BCUT2D eigenvalue weighted by molar-refractivity contribution is 5.94. The number of hydrogen-bond acceptors (Lipinski definition) is 1. The first-order valence-electron chi connectivity index (χ1n) is 7.30. The average Bonchev–Trinajstić information content (AvgIpc) is 3.14. The second kappa shape index (κ2) is 5.28. The van der Waals surface area contributed by atoms with Crippen LogP contribution in [0.5, 0.6) is 0 Å². The van der Waals surface area contributed by atoms with Crippen molar-refractivity contribution in [3.05, 3.63) is 66.7 Å². The molecule has 0 saturated heterocycles. The molecule has 0 atom stereocenters. The van der Waals surface area contributed by atoms with Gasteiger partial charge in [-0.3, -0.25) is 4.79 Å². The molecule has 4 nitrogen and oxygen atoms in total. The second-order valence-electron chi connectivity index (χ2n) is 5.47. The fourth-order valence-corrected chi connectivity index (χ4v) is 2.78. The van der Waals surface area contributed by atoms with Crippen LogP contribution in [0.3, 0.4) is 0 Å². The number of nitrogens with one attached hydrogen (secondary N) is 2. The topological polar surface area (TPSA) is 49.8 Å². The Morgan fingerprint density at radius 1 is 1.09 bits per heavy atom.